The summed E-state index contributed by atoms with van der Waals surface area (Å²) in [5.74, 6) is 1.40. The molecule has 1 aromatic carbocycles. The van der Waals surface area contributed by atoms with E-state index in [4.69, 9.17) is 0 Å². The smallest absolute Gasteiger partial charge is 0.314 e. The molecule has 7 nitrogen and oxygen atoms in total. The van der Waals surface area contributed by atoms with E-state index in [9.17, 15) is 14.4 Å². The second-order valence-corrected chi connectivity index (χ2v) is 8.73. The molecule has 2 N–H and O–H groups in total. The number of carbonyl (C=O) groups excluding carboxylic acids is 1. The summed E-state index contributed by atoms with van der Waals surface area (Å²) in [5.41, 5.74) is 0.199. The van der Waals surface area contributed by atoms with Gasteiger partial charge in [0.1, 0.15) is 0 Å². The van der Waals surface area contributed by atoms with E-state index in [1.165, 1.54) is 38.6 Å². The SMILES string of the molecule is O=C(c1ccc2[nH]c(=O)c(=O)[nH]c2c1)N1C[C@H]2CC[C@@H](C1)N(CC1CCC1)C2. The fraction of sp³-hybridized carbons (Fsp3) is 0.571. The predicted molar refractivity (Wildman–Crippen MR) is 107 cm³/mol. The Morgan fingerprint density at radius 2 is 1.75 bits per heavy atom. The van der Waals surface area contributed by atoms with Crippen molar-refractivity contribution in [2.45, 2.75) is 38.1 Å². The standard InChI is InChI=1S/C21H26N4O3/c26-19-20(27)23-18-8-15(5-7-17(18)22-19)21(28)25-11-14-4-6-16(12-25)24(10-14)9-13-2-1-3-13/h5,7-8,13-14,16H,1-4,6,9-12H2,(H,22,26)(H,23,27)/t14-,16-/m0/s1. The lowest BCUT2D eigenvalue weighted by atomic mass is 9.83. The molecule has 4 heterocycles. The molecular weight excluding hydrogens is 356 g/mol. The molecule has 6 rings (SSSR count). The van der Waals surface area contributed by atoms with Crippen molar-refractivity contribution in [2.75, 3.05) is 26.2 Å². The number of H-pyrrole nitrogens is 2. The number of hydrogen-bond donors (Lipinski definition) is 2. The van der Waals surface area contributed by atoms with E-state index in [-0.39, 0.29) is 5.91 Å². The van der Waals surface area contributed by atoms with E-state index in [1.807, 2.05) is 4.90 Å². The zero-order valence-electron chi connectivity index (χ0n) is 15.9. The summed E-state index contributed by atoms with van der Waals surface area (Å²) >= 11 is 0. The van der Waals surface area contributed by atoms with Gasteiger partial charge in [-0.3, -0.25) is 19.3 Å². The maximum Gasteiger partial charge on any atom is 0.314 e. The van der Waals surface area contributed by atoms with Gasteiger partial charge < -0.3 is 14.9 Å². The quantitative estimate of drug-likeness (QED) is 0.789. The van der Waals surface area contributed by atoms with Crippen molar-refractivity contribution >= 4 is 16.9 Å². The predicted octanol–water partition coefficient (Wildman–Crippen LogP) is 1.55. The Bertz CT molecular complexity index is 1020. The van der Waals surface area contributed by atoms with Crippen LogP contribution in [0.4, 0.5) is 0 Å². The number of aromatic nitrogens is 2. The number of piperidine rings is 1. The van der Waals surface area contributed by atoms with Gasteiger partial charge in [0, 0.05) is 37.8 Å². The molecule has 1 saturated carbocycles. The topological polar surface area (TPSA) is 89.3 Å². The Morgan fingerprint density at radius 1 is 0.964 bits per heavy atom. The summed E-state index contributed by atoms with van der Waals surface area (Å²) < 4.78 is 0. The molecule has 7 heteroatoms. The molecule has 2 atom stereocenters. The first-order valence-corrected chi connectivity index (χ1v) is 10.4. The van der Waals surface area contributed by atoms with Gasteiger partial charge in [0.25, 0.3) is 5.91 Å². The summed E-state index contributed by atoms with van der Waals surface area (Å²) in [5, 5.41) is 0. The number of amides is 1. The van der Waals surface area contributed by atoms with Gasteiger partial charge in [-0.15, -0.1) is 0 Å². The lowest BCUT2D eigenvalue weighted by Crippen LogP contribution is -2.47. The first-order chi connectivity index (χ1) is 13.6. The second-order valence-electron chi connectivity index (χ2n) is 8.73. The van der Waals surface area contributed by atoms with Gasteiger partial charge in [-0.25, -0.2) is 0 Å². The van der Waals surface area contributed by atoms with Crippen LogP contribution in [0.15, 0.2) is 27.8 Å². The van der Waals surface area contributed by atoms with Gasteiger partial charge in [-0.05, 0) is 55.7 Å². The van der Waals surface area contributed by atoms with Crippen molar-refractivity contribution in [3.63, 3.8) is 0 Å². The fourth-order valence-electron chi connectivity index (χ4n) is 5.01. The summed E-state index contributed by atoms with van der Waals surface area (Å²) in [7, 11) is 0. The number of hydrogen-bond acceptors (Lipinski definition) is 4. The third kappa shape index (κ3) is 3.17. The van der Waals surface area contributed by atoms with Crippen molar-refractivity contribution in [1.29, 1.82) is 0 Å². The molecule has 1 aliphatic carbocycles. The third-order valence-electron chi connectivity index (χ3n) is 6.80. The summed E-state index contributed by atoms with van der Waals surface area (Å²) in [6.45, 7) is 3.88. The van der Waals surface area contributed by atoms with E-state index in [2.05, 4.69) is 14.9 Å². The molecule has 1 amide bonds. The molecule has 3 saturated heterocycles. The highest BCUT2D eigenvalue weighted by molar-refractivity contribution is 5.97. The number of nitrogens with one attached hydrogen (secondary N) is 2. The zero-order valence-corrected chi connectivity index (χ0v) is 15.9. The van der Waals surface area contributed by atoms with Crippen molar-refractivity contribution in [2.24, 2.45) is 11.8 Å². The second kappa shape index (κ2) is 6.88. The Morgan fingerprint density at radius 3 is 2.50 bits per heavy atom. The third-order valence-corrected chi connectivity index (χ3v) is 6.80. The van der Waals surface area contributed by atoms with Crippen LogP contribution < -0.4 is 11.1 Å². The van der Waals surface area contributed by atoms with Gasteiger partial charge in [-0.2, -0.15) is 0 Å². The Kier molecular flexibility index (Phi) is 4.34. The largest absolute Gasteiger partial charge is 0.337 e. The van der Waals surface area contributed by atoms with Gasteiger partial charge >= 0.3 is 11.1 Å². The molecular formula is C21H26N4O3. The molecule has 4 aliphatic rings. The van der Waals surface area contributed by atoms with E-state index >= 15 is 0 Å². The Hall–Kier alpha value is -2.41. The molecule has 2 bridgehead atoms. The van der Waals surface area contributed by atoms with Crippen LogP contribution in [0.25, 0.3) is 11.0 Å². The van der Waals surface area contributed by atoms with Crippen molar-refractivity contribution in [3.05, 3.63) is 44.5 Å². The average molecular weight is 382 g/mol. The van der Waals surface area contributed by atoms with Crippen LogP contribution in [0.2, 0.25) is 0 Å². The first kappa shape index (κ1) is 17.7. The Labute approximate surface area is 162 Å². The molecule has 148 valence electrons. The minimum atomic E-state index is -0.698. The molecule has 0 unspecified atom stereocenters. The Balaban J connectivity index is 1.37. The number of benzene rings is 1. The number of nitrogens with zero attached hydrogens (tertiary/aromatic N) is 2. The lowest BCUT2D eigenvalue weighted by molar-refractivity contribution is 0.0717. The highest BCUT2D eigenvalue weighted by Crippen LogP contribution is 2.33. The van der Waals surface area contributed by atoms with E-state index < -0.39 is 11.1 Å². The van der Waals surface area contributed by atoms with E-state index in [1.54, 1.807) is 18.2 Å². The number of carbonyl (C=O) groups is 1. The van der Waals surface area contributed by atoms with Gasteiger partial charge in [0.05, 0.1) is 11.0 Å². The van der Waals surface area contributed by atoms with Gasteiger partial charge in [0.15, 0.2) is 0 Å². The summed E-state index contributed by atoms with van der Waals surface area (Å²) in [4.78, 5) is 46.0. The van der Waals surface area contributed by atoms with Crippen LogP contribution in [0.5, 0.6) is 0 Å². The molecule has 28 heavy (non-hydrogen) atoms. The molecule has 4 fully saturated rings. The van der Waals surface area contributed by atoms with Crippen LogP contribution >= 0.6 is 0 Å². The maximum atomic E-state index is 13.2. The summed E-state index contributed by atoms with van der Waals surface area (Å²) in [6, 6.07) is 5.56. The number of rotatable bonds is 3. The molecule has 2 aromatic rings. The normalized spacial score (nSPS) is 25.6. The van der Waals surface area contributed by atoms with Crippen LogP contribution in [-0.2, 0) is 0 Å². The molecule has 0 spiro atoms. The minimum absolute atomic E-state index is 0.0105. The van der Waals surface area contributed by atoms with Crippen LogP contribution in [0.3, 0.4) is 0 Å². The van der Waals surface area contributed by atoms with Crippen LogP contribution in [-0.4, -0.2) is 57.9 Å². The minimum Gasteiger partial charge on any atom is -0.337 e. The van der Waals surface area contributed by atoms with Gasteiger partial charge in [0.2, 0.25) is 0 Å². The summed E-state index contributed by atoms with van der Waals surface area (Å²) in [6.07, 6.45) is 6.45. The van der Waals surface area contributed by atoms with Crippen molar-refractivity contribution in [3.8, 4) is 0 Å². The van der Waals surface area contributed by atoms with Crippen molar-refractivity contribution < 1.29 is 4.79 Å². The lowest BCUT2D eigenvalue weighted by Gasteiger charge is -2.40. The maximum absolute atomic E-state index is 13.2. The molecule has 3 aliphatic heterocycles. The first-order valence-electron chi connectivity index (χ1n) is 10.4. The number of fused-ring (bicyclic) bond motifs is 5. The van der Waals surface area contributed by atoms with E-state index in [0.29, 0.717) is 28.6 Å². The van der Waals surface area contributed by atoms with Crippen molar-refractivity contribution in [1.82, 2.24) is 19.8 Å². The monoisotopic (exact) mass is 382 g/mol. The average Bonchev–Trinajstić information content (AvgIpc) is 2.96. The van der Waals surface area contributed by atoms with Crippen LogP contribution in [0, 0.1) is 11.8 Å². The highest BCUT2D eigenvalue weighted by Gasteiger charge is 2.37. The van der Waals surface area contributed by atoms with E-state index in [0.717, 1.165) is 25.6 Å². The highest BCUT2D eigenvalue weighted by atomic mass is 16.2. The fourth-order valence-corrected chi connectivity index (χ4v) is 5.01. The number of aromatic amines is 2. The molecule has 1 aromatic heterocycles. The zero-order chi connectivity index (χ0) is 19.3. The van der Waals surface area contributed by atoms with Gasteiger partial charge in [-0.1, -0.05) is 6.42 Å². The molecule has 0 radical (unpaired) electrons. The van der Waals surface area contributed by atoms with Crippen LogP contribution in [0.1, 0.15) is 42.5 Å².